The van der Waals surface area contributed by atoms with Gasteiger partial charge in [-0.15, -0.1) is 24.0 Å². The first kappa shape index (κ1) is 23.2. The van der Waals surface area contributed by atoms with Crippen molar-refractivity contribution >= 4 is 35.6 Å². The van der Waals surface area contributed by atoms with Crippen molar-refractivity contribution in [1.82, 2.24) is 20.4 Å². The number of nitrogens with zero attached hydrogens (tertiary/aromatic N) is 4. The van der Waals surface area contributed by atoms with Gasteiger partial charge in [0.1, 0.15) is 0 Å². The van der Waals surface area contributed by atoms with Gasteiger partial charge in [-0.05, 0) is 32.6 Å². The maximum absolute atomic E-state index is 5.71. The molecule has 2 N–H and O–H groups in total. The Labute approximate surface area is 185 Å². The molecule has 2 aliphatic heterocycles. The van der Waals surface area contributed by atoms with Crippen LogP contribution in [0.25, 0.3) is 0 Å². The van der Waals surface area contributed by atoms with Crippen LogP contribution in [-0.4, -0.2) is 73.9 Å². The zero-order valence-corrected chi connectivity index (χ0v) is 19.4. The molecular weight excluding hydrogens is 471 g/mol. The predicted molar refractivity (Wildman–Crippen MR) is 123 cm³/mol. The second-order valence-electron chi connectivity index (χ2n) is 7.27. The van der Waals surface area contributed by atoms with Crippen molar-refractivity contribution in [1.29, 1.82) is 0 Å². The molecule has 3 heterocycles. The first-order valence-electron chi connectivity index (χ1n) is 10.2. The van der Waals surface area contributed by atoms with Crippen molar-refractivity contribution in [2.75, 3.05) is 50.9 Å². The summed E-state index contributed by atoms with van der Waals surface area (Å²) >= 11 is 0. The van der Waals surface area contributed by atoms with Crippen LogP contribution in [0.15, 0.2) is 17.4 Å². The van der Waals surface area contributed by atoms with E-state index in [0.717, 1.165) is 57.9 Å². The molecule has 9 heteroatoms. The van der Waals surface area contributed by atoms with E-state index in [1.54, 1.807) is 0 Å². The third-order valence-corrected chi connectivity index (χ3v) is 5.00. The fourth-order valence-corrected chi connectivity index (χ4v) is 3.63. The van der Waals surface area contributed by atoms with E-state index >= 15 is 0 Å². The first-order chi connectivity index (χ1) is 13.2. The summed E-state index contributed by atoms with van der Waals surface area (Å²) in [6.07, 6.45) is 8.87. The summed E-state index contributed by atoms with van der Waals surface area (Å²) in [5, 5.41) is 11.2. The van der Waals surface area contributed by atoms with Crippen LogP contribution in [-0.2, 0) is 16.5 Å². The lowest BCUT2D eigenvalue weighted by molar-refractivity contribution is 0.0200. The number of hydrogen-bond donors (Lipinski definition) is 2. The Bertz CT molecular complexity index is 591. The van der Waals surface area contributed by atoms with Gasteiger partial charge in [-0.1, -0.05) is 0 Å². The summed E-state index contributed by atoms with van der Waals surface area (Å²) in [4.78, 5) is 7.06. The normalized spacial score (nSPS) is 22.8. The van der Waals surface area contributed by atoms with Crippen molar-refractivity contribution in [3.05, 3.63) is 12.4 Å². The van der Waals surface area contributed by atoms with E-state index in [2.05, 4.69) is 38.7 Å². The number of nitrogens with one attached hydrogen (secondary N) is 2. The van der Waals surface area contributed by atoms with Crippen molar-refractivity contribution in [3.63, 3.8) is 0 Å². The Hall–Kier alpha value is -1.07. The van der Waals surface area contributed by atoms with Crippen LogP contribution in [0.2, 0.25) is 0 Å². The number of aliphatic imine (C=N–C) groups is 1. The summed E-state index contributed by atoms with van der Waals surface area (Å²) < 4.78 is 13.1. The maximum Gasteiger partial charge on any atom is 0.191 e. The lowest BCUT2D eigenvalue weighted by Crippen LogP contribution is -2.51. The van der Waals surface area contributed by atoms with E-state index in [4.69, 9.17) is 9.47 Å². The number of aromatic nitrogens is 2. The number of ether oxygens (including phenoxy) is 2. The SMILES string of the molecule is CCNC(=NCCOCC1CCCO1)NC1CCCN(c2cnn(C)c2)C1.I. The lowest BCUT2D eigenvalue weighted by atomic mass is 10.1. The van der Waals surface area contributed by atoms with Crippen molar-refractivity contribution in [2.24, 2.45) is 12.0 Å². The monoisotopic (exact) mass is 506 g/mol. The summed E-state index contributed by atoms with van der Waals surface area (Å²) in [5.41, 5.74) is 1.19. The number of rotatable bonds is 8. The molecular formula is C19H35IN6O2. The van der Waals surface area contributed by atoms with Gasteiger partial charge in [0.2, 0.25) is 0 Å². The minimum absolute atomic E-state index is 0. The van der Waals surface area contributed by atoms with Crippen LogP contribution >= 0.6 is 24.0 Å². The van der Waals surface area contributed by atoms with E-state index in [9.17, 15) is 0 Å². The van der Waals surface area contributed by atoms with E-state index in [1.165, 1.54) is 5.69 Å². The molecule has 3 rings (SSSR count). The Morgan fingerprint density at radius 2 is 2.29 bits per heavy atom. The quantitative estimate of drug-likeness (QED) is 0.242. The molecule has 0 amide bonds. The molecule has 0 aromatic carbocycles. The summed E-state index contributed by atoms with van der Waals surface area (Å²) in [6, 6.07) is 0.379. The summed E-state index contributed by atoms with van der Waals surface area (Å²) in [6.45, 7) is 7.82. The van der Waals surface area contributed by atoms with Crippen molar-refractivity contribution in [2.45, 2.75) is 44.8 Å². The lowest BCUT2D eigenvalue weighted by Gasteiger charge is -2.34. The molecule has 2 fully saturated rings. The zero-order valence-electron chi connectivity index (χ0n) is 17.1. The molecule has 0 aliphatic carbocycles. The highest BCUT2D eigenvalue weighted by atomic mass is 127. The number of piperidine rings is 1. The number of anilines is 1. The third-order valence-electron chi connectivity index (χ3n) is 5.00. The first-order valence-corrected chi connectivity index (χ1v) is 10.2. The molecule has 0 radical (unpaired) electrons. The Morgan fingerprint density at radius 3 is 3.00 bits per heavy atom. The zero-order chi connectivity index (χ0) is 18.9. The van der Waals surface area contributed by atoms with Crippen LogP contribution in [0, 0.1) is 0 Å². The van der Waals surface area contributed by atoms with E-state index in [1.807, 2.05) is 17.9 Å². The average Bonchev–Trinajstić information content (AvgIpc) is 3.33. The molecule has 8 nitrogen and oxygen atoms in total. The topological polar surface area (TPSA) is 75.9 Å². The van der Waals surface area contributed by atoms with Gasteiger partial charge in [0.05, 0.1) is 37.7 Å². The molecule has 0 spiro atoms. The fourth-order valence-electron chi connectivity index (χ4n) is 3.63. The molecule has 2 aliphatic rings. The van der Waals surface area contributed by atoms with Gasteiger partial charge < -0.3 is 25.0 Å². The highest BCUT2D eigenvalue weighted by molar-refractivity contribution is 14.0. The van der Waals surface area contributed by atoms with Crippen LogP contribution < -0.4 is 15.5 Å². The number of guanidine groups is 1. The fraction of sp³-hybridized carbons (Fsp3) is 0.789. The molecule has 0 bridgehead atoms. The molecule has 2 atom stereocenters. The van der Waals surface area contributed by atoms with Crippen molar-refractivity contribution < 1.29 is 9.47 Å². The molecule has 160 valence electrons. The van der Waals surface area contributed by atoms with E-state index < -0.39 is 0 Å². The molecule has 2 unspecified atom stereocenters. The maximum atomic E-state index is 5.71. The van der Waals surface area contributed by atoms with Crippen LogP contribution in [0.4, 0.5) is 5.69 Å². The van der Waals surface area contributed by atoms with Crippen LogP contribution in [0.5, 0.6) is 0 Å². The molecule has 0 saturated carbocycles. The van der Waals surface area contributed by atoms with Gasteiger partial charge in [-0.25, -0.2) is 0 Å². The van der Waals surface area contributed by atoms with E-state index in [0.29, 0.717) is 25.8 Å². The Morgan fingerprint density at radius 1 is 1.39 bits per heavy atom. The Kier molecular flexibility index (Phi) is 10.3. The Balaban J connectivity index is 0.00000280. The number of aryl methyl sites for hydroxylation is 1. The van der Waals surface area contributed by atoms with Gasteiger partial charge in [0.15, 0.2) is 5.96 Å². The van der Waals surface area contributed by atoms with E-state index in [-0.39, 0.29) is 30.1 Å². The van der Waals surface area contributed by atoms with Gasteiger partial charge in [0.25, 0.3) is 0 Å². The minimum Gasteiger partial charge on any atom is -0.377 e. The largest absolute Gasteiger partial charge is 0.377 e. The number of hydrogen-bond acceptors (Lipinski definition) is 5. The second kappa shape index (κ2) is 12.5. The molecule has 1 aromatic heterocycles. The smallest absolute Gasteiger partial charge is 0.191 e. The highest BCUT2D eigenvalue weighted by Crippen LogP contribution is 2.19. The van der Waals surface area contributed by atoms with Gasteiger partial charge in [-0.2, -0.15) is 5.10 Å². The van der Waals surface area contributed by atoms with Gasteiger partial charge in [0, 0.05) is 45.5 Å². The molecule has 28 heavy (non-hydrogen) atoms. The second-order valence-corrected chi connectivity index (χ2v) is 7.27. The molecule has 2 saturated heterocycles. The number of halogens is 1. The standard InChI is InChI=1S/C19H34N6O2.HI/c1-3-20-19(21-8-11-26-15-18-7-5-10-27-18)23-16-6-4-9-25(13-16)17-12-22-24(2)14-17;/h12,14,16,18H,3-11,13,15H2,1-2H3,(H2,20,21,23);1H. The summed E-state index contributed by atoms with van der Waals surface area (Å²) in [5.74, 6) is 0.872. The third kappa shape index (κ3) is 7.40. The van der Waals surface area contributed by atoms with Crippen LogP contribution in [0.3, 0.4) is 0 Å². The van der Waals surface area contributed by atoms with Crippen molar-refractivity contribution in [3.8, 4) is 0 Å². The average molecular weight is 506 g/mol. The molecule has 1 aromatic rings. The van der Waals surface area contributed by atoms with Crippen LogP contribution in [0.1, 0.15) is 32.6 Å². The van der Waals surface area contributed by atoms with Gasteiger partial charge >= 0.3 is 0 Å². The highest BCUT2D eigenvalue weighted by Gasteiger charge is 2.21. The van der Waals surface area contributed by atoms with Gasteiger partial charge in [-0.3, -0.25) is 9.67 Å². The summed E-state index contributed by atoms with van der Waals surface area (Å²) in [7, 11) is 1.96. The predicted octanol–water partition coefficient (Wildman–Crippen LogP) is 1.76. The minimum atomic E-state index is 0.